The van der Waals surface area contributed by atoms with E-state index in [2.05, 4.69) is 10.6 Å². The number of benzene rings is 1. The van der Waals surface area contributed by atoms with Crippen LogP contribution >= 0.6 is 23.4 Å². The first kappa shape index (κ1) is 23.6. The van der Waals surface area contributed by atoms with Crippen molar-refractivity contribution in [3.05, 3.63) is 47.4 Å². The van der Waals surface area contributed by atoms with Crippen molar-refractivity contribution in [3.8, 4) is 0 Å². The molecule has 1 fully saturated rings. The summed E-state index contributed by atoms with van der Waals surface area (Å²) in [5, 5.41) is 5.45. The third-order valence-electron chi connectivity index (χ3n) is 4.86. The summed E-state index contributed by atoms with van der Waals surface area (Å²) in [6.07, 6.45) is 5.28. The summed E-state index contributed by atoms with van der Waals surface area (Å²) in [5.74, 6) is -0.209. The van der Waals surface area contributed by atoms with Gasteiger partial charge in [0.25, 0.3) is 5.91 Å². The van der Waals surface area contributed by atoms with Crippen molar-refractivity contribution in [2.75, 3.05) is 30.4 Å². The van der Waals surface area contributed by atoms with Gasteiger partial charge in [-0.1, -0.05) is 11.6 Å². The molecule has 0 bridgehead atoms. The van der Waals surface area contributed by atoms with Crippen molar-refractivity contribution in [2.24, 2.45) is 0 Å². The Morgan fingerprint density at radius 3 is 2.65 bits per heavy atom. The van der Waals surface area contributed by atoms with Crippen LogP contribution in [-0.2, 0) is 14.8 Å². The highest BCUT2D eigenvalue weighted by Gasteiger charge is 2.30. The van der Waals surface area contributed by atoms with E-state index >= 15 is 0 Å². The van der Waals surface area contributed by atoms with Gasteiger partial charge >= 0.3 is 0 Å². The number of amides is 2. The Morgan fingerprint density at radius 1 is 1.26 bits per heavy atom. The van der Waals surface area contributed by atoms with Crippen LogP contribution in [0.15, 0.2) is 45.9 Å². The van der Waals surface area contributed by atoms with Crippen LogP contribution in [0.1, 0.15) is 29.8 Å². The number of sulfonamides is 1. The third-order valence-corrected chi connectivity index (χ3v) is 7.88. The normalized spacial score (nSPS) is 15.5. The summed E-state index contributed by atoms with van der Waals surface area (Å²) < 4.78 is 32.3. The quantitative estimate of drug-likeness (QED) is 0.564. The maximum Gasteiger partial charge on any atom is 0.287 e. The largest absolute Gasteiger partial charge is 0.459 e. The van der Waals surface area contributed by atoms with E-state index in [1.54, 1.807) is 17.8 Å². The van der Waals surface area contributed by atoms with Gasteiger partial charge in [0.15, 0.2) is 5.76 Å². The van der Waals surface area contributed by atoms with E-state index in [4.69, 9.17) is 16.0 Å². The van der Waals surface area contributed by atoms with E-state index in [9.17, 15) is 18.0 Å². The molecule has 31 heavy (non-hydrogen) atoms. The molecule has 1 aromatic carbocycles. The van der Waals surface area contributed by atoms with Gasteiger partial charge in [-0.2, -0.15) is 16.1 Å². The second kappa shape index (κ2) is 10.5. The van der Waals surface area contributed by atoms with E-state index < -0.39 is 27.9 Å². The predicted octanol–water partition coefficient (Wildman–Crippen LogP) is 3.21. The highest BCUT2D eigenvalue weighted by molar-refractivity contribution is 7.98. The van der Waals surface area contributed by atoms with Gasteiger partial charge in [-0.15, -0.1) is 0 Å². The van der Waals surface area contributed by atoms with Crippen LogP contribution in [0, 0.1) is 0 Å². The number of nitrogens with one attached hydrogen (secondary N) is 2. The Labute approximate surface area is 190 Å². The number of furan rings is 1. The third kappa shape index (κ3) is 5.82. The van der Waals surface area contributed by atoms with Crippen LogP contribution in [0.4, 0.5) is 5.69 Å². The number of thioether (sulfide) groups is 1. The fourth-order valence-corrected chi connectivity index (χ4v) is 5.71. The van der Waals surface area contributed by atoms with Gasteiger partial charge in [0.2, 0.25) is 15.9 Å². The number of hydrogen-bond donors (Lipinski definition) is 2. The molecule has 2 heterocycles. The lowest BCUT2D eigenvalue weighted by Crippen LogP contribution is -2.44. The minimum atomic E-state index is -3.75. The van der Waals surface area contributed by atoms with Crippen molar-refractivity contribution in [1.29, 1.82) is 0 Å². The first-order valence-electron chi connectivity index (χ1n) is 9.77. The van der Waals surface area contributed by atoms with Crippen molar-refractivity contribution >= 4 is 50.9 Å². The maximum atomic E-state index is 12.9. The minimum Gasteiger partial charge on any atom is -0.459 e. The molecule has 0 unspecified atom stereocenters. The van der Waals surface area contributed by atoms with E-state index in [-0.39, 0.29) is 21.4 Å². The van der Waals surface area contributed by atoms with Crippen LogP contribution in [0.3, 0.4) is 0 Å². The van der Waals surface area contributed by atoms with Gasteiger partial charge in [-0.3, -0.25) is 9.59 Å². The van der Waals surface area contributed by atoms with Gasteiger partial charge in [-0.05, 0) is 61.6 Å². The number of nitrogens with zero attached hydrogens (tertiary/aromatic N) is 1. The standard InChI is InChI=1S/C20H24ClN3O5S2/c1-30-12-8-16(23-20(26)17-5-4-11-29-17)19(25)22-14-6-7-15(21)18(13-14)31(27,28)24-9-2-3-10-24/h4-7,11,13,16H,2-3,8-10,12H2,1H3,(H,22,25)(H,23,26)/t16-/m1/s1. The predicted molar refractivity (Wildman–Crippen MR) is 121 cm³/mol. The molecule has 0 spiro atoms. The van der Waals surface area contributed by atoms with Crippen LogP contribution in [-0.4, -0.2) is 55.7 Å². The first-order chi connectivity index (χ1) is 14.8. The fraction of sp³-hybridized carbons (Fsp3) is 0.400. The molecule has 1 aliphatic rings. The highest BCUT2D eigenvalue weighted by atomic mass is 35.5. The minimum absolute atomic E-state index is 0.0471. The summed E-state index contributed by atoms with van der Waals surface area (Å²) in [7, 11) is -3.75. The van der Waals surface area contributed by atoms with Gasteiger partial charge < -0.3 is 15.1 Å². The Kier molecular flexibility index (Phi) is 8.04. The zero-order valence-corrected chi connectivity index (χ0v) is 19.4. The summed E-state index contributed by atoms with van der Waals surface area (Å²) in [6.45, 7) is 0.898. The molecule has 1 aromatic heterocycles. The van der Waals surface area contributed by atoms with Crippen LogP contribution in [0.2, 0.25) is 5.02 Å². The second-order valence-electron chi connectivity index (χ2n) is 7.03. The van der Waals surface area contributed by atoms with Crippen LogP contribution in [0.5, 0.6) is 0 Å². The van der Waals surface area contributed by atoms with Crippen LogP contribution < -0.4 is 10.6 Å². The van der Waals surface area contributed by atoms with Crippen molar-refractivity contribution in [1.82, 2.24) is 9.62 Å². The molecular formula is C20H24ClN3O5S2. The molecule has 0 saturated carbocycles. The van der Waals surface area contributed by atoms with Crippen molar-refractivity contribution < 1.29 is 22.4 Å². The molecule has 0 radical (unpaired) electrons. The second-order valence-corrected chi connectivity index (χ2v) is 10.3. The molecule has 8 nitrogen and oxygen atoms in total. The van der Waals surface area contributed by atoms with Gasteiger partial charge in [0, 0.05) is 18.8 Å². The summed E-state index contributed by atoms with van der Waals surface area (Å²) in [6, 6.07) is 6.60. The Balaban J connectivity index is 1.77. The molecule has 1 atom stereocenters. The van der Waals surface area contributed by atoms with E-state index in [1.165, 1.54) is 34.8 Å². The van der Waals surface area contributed by atoms with Gasteiger partial charge in [0.1, 0.15) is 10.9 Å². The summed E-state index contributed by atoms with van der Waals surface area (Å²) in [5.41, 5.74) is 0.286. The SMILES string of the molecule is CSCC[C@@H](NC(=O)c1ccco1)C(=O)Nc1ccc(Cl)c(S(=O)(=O)N2CCCC2)c1. The van der Waals surface area contributed by atoms with E-state index in [0.29, 0.717) is 25.3 Å². The Bertz CT molecular complexity index is 1020. The monoisotopic (exact) mass is 485 g/mol. The lowest BCUT2D eigenvalue weighted by molar-refractivity contribution is -0.118. The zero-order chi connectivity index (χ0) is 22.4. The lowest BCUT2D eigenvalue weighted by Gasteiger charge is -2.19. The number of halogens is 1. The average Bonchev–Trinajstić information content (AvgIpc) is 3.46. The molecule has 2 aromatic rings. The van der Waals surface area contributed by atoms with E-state index in [0.717, 1.165) is 12.8 Å². The number of anilines is 1. The molecular weight excluding hydrogens is 462 g/mol. The van der Waals surface area contributed by atoms with E-state index in [1.807, 2.05) is 6.26 Å². The van der Waals surface area contributed by atoms with Gasteiger partial charge in [-0.25, -0.2) is 8.42 Å². The molecule has 1 aliphatic heterocycles. The molecule has 11 heteroatoms. The molecule has 168 valence electrons. The zero-order valence-electron chi connectivity index (χ0n) is 17.0. The molecule has 2 N–H and O–H groups in total. The van der Waals surface area contributed by atoms with Gasteiger partial charge in [0.05, 0.1) is 11.3 Å². The highest BCUT2D eigenvalue weighted by Crippen LogP contribution is 2.29. The van der Waals surface area contributed by atoms with Crippen molar-refractivity contribution in [2.45, 2.75) is 30.2 Å². The van der Waals surface area contributed by atoms with Crippen LogP contribution in [0.25, 0.3) is 0 Å². The molecule has 2 amide bonds. The maximum absolute atomic E-state index is 12.9. The molecule has 0 aliphatic carbocycles. The Hall–Kier alpha value is -2.01. The molecule has 3 rings (SSSR count). The number of carbonyl (C=O) groups is 2. The first-order valence-corrected chi connectivity index (χ1v) is 13.0. The smallest absolute Gasteiger partial charge is 0.287 e. The summed E-state index contributed by atoms with van der Waals surface area (Å²) in [4.78, 5) is 25.1. The number of hydrogen-bond acceptors (Lipinski definition) is 6. The lowest BCUT2D eigenvalue weighted by atomic mass is 10.2. The average molecular weight is 486 g/mol. The summed E-state index contributed by atoms with van der Waals surface area (Å²) >= 11 is 7.71. The number of carbonyl (C=O) groups excluding carboxylic acids is 2. The Morgan fingerprint density at radius 2 is 2.00 bits per heavy atom. The topological polar surface area (TPSA) is 109 Å². The number of rotatable bonds is 9. The van der Waals surface area contributed by atoms with Crippen molar-refractivity contribution in [3.63, 3.8) is 0 Å². The molecule has 1 saturated heterocycles. The fourth-order valence-electron chi connectivity index (χ4n) is 3.22.